The standard InChI is InChI=1S/C31H34N2O7/c1-6-39-23-14-18-12-13-33-28(22(18)17-24(23)40-7-2)27(20-10-8-9-11-21(20)31(33)35)30(34)32-19-15-25(36-3)29(38-5)26(16-19)37-4/h8-11,14-17,27-28H,6-7,12-13H2,1-5H3,(H,32,34). The fraction of sp³-hybridized carbons (Fsp3) is 0.355. The molecule has 0 radical (unpaired) electrons. The van der Waals surface area contributed by atoms with Gasteiger partial charge >= 0.3 is 0 Å². The van der Waals surface area contributed by atoms with Crippen LogP contribution in [0.15, 0.2) is 48.5 Å². The molecule has 2 atom stereocenters. The first-order valence-corrected chi connectivity index (χ1v) is 13.4. The van der Waals surface area contributed by atoms with Crippen molar-refractivity contribution in [1.82, 2.24) is 4.90 Å². The van der Waals surface area contributed by atoms with Crippen LogP contribution in [0.2, 0.25) is 0 Å². The fourth-order valence-corrected chi connectivity index (χ4v) is 5.73. The molecule has 0 saturated heterocycles. The number of nitrogens with one attached hydrogen (secondary N) is 1. The summed E-state index contributed by atoms with van der Waals surface area (Å²) in [5.74, 6) is 1.50. The van der Waals surface area contributed by atoms with E-state index in [1.54, 1.807) is 23.1 Å². The second-order valence-corrected chi connectivity index (χ2v) is 9.53. The molecule has 0 fully saturated rings. The Kier molecular flexibility index (Phi) is 7.73. The van der Waals surface area contributed by atoms with Crippen LogP contribution in [0.3, 0.4) is 0 Å². The van der Waals surface area contributed by atoms with Gasteiger partial charge < -0.3 is 33.9 Å². The molecule has 3 aromatic rings. The van der Waals surface area contributed by atoms with Crippen LogP contribution in [0, 0.1) is 0 Å². The Morgan fingerprint density at radius 3 is 2.15 bits per heavy atom. The molecular weight excluding hydrogens is 512 g/mol. The van der Waals surface area contributed by atoms with E-state index in [1.807, 2.05) is 44.2 Å². The molecule has 2 heterocycles. The zero-order valence-electron chi connectivity index (χ0n) is 23.4. The van der Waals surface area contributed by atoms with Gasteiger partial charge in [0.05, 0.1) is 46.5 Å². The smallest absolute Gasteiger partial charge is 0.254 e. The van der Waals surface area contributed by atoms with E-state index in [0.29, 0.717) is 71.7 Å². The molecule has 9 heteroatoms. The van der Waals surface area contributed by atoms with Crippen molar-refractivity contribution in [3.05, 3.63) is 70.8 Å². The minimum Gasteiger partial charge on any atom is -0.493 e. The van der Waals surface area contributed by atoms with Crippen LogP contribution in [-0.2, 0) is 11.2 Å². The number of amides is 2. The van der Waals surface area contributed by atoms with Crippen LogP contribution in [0.25, 0.3) is 0 Å². The highest BCUT2D eigenvalue weighted by atomic mass is 16.5. The number of benzene rings is 3. The third-order valence-corrected chi connectivity index (χ3v) is 7.40. The van der Waals surface area contributed by atoms with Gasteiger partial charge in [0, 0.05) is 29.9 Å². The molecule has 2 amide bonds. The minimum absolute atomic E-state index is 0.0880. The summed E-state index contributed by atoms with van der Waals surface area (Å²) in [5, 5.41) is 3.06. The summed E-state index contributed by atoms with van der Waals surface area (Å²) >= 11 is 0. The van der Waals surface area contributed by atoms with Crippen molar-refractivity contribution in [2.75, 3.05) is 46.4 Å². The first kappa shape index (κ1) is 27.2. The normalized spacial score (nSPS) is 17.2. The highest BCUT2D eigenvalue weighted by Gasteiger charge is 2.46. The summed E-state index contributed by atoms with van der Waals surface area (Å²) in [4.78, 5) is 29.7. The molecule has 3 aromatic carbocycles. The molecule has 0 spiro atoms. The molecule has 0 aliphatic carbocycles. The molecular formula is C31H34N2O7. The zero-order valence-corrected chi connectivity index (χ0v) is 23.4. The van der Waals surface area contributed by atoms with Crippen molar-refractivity contribution in [2.45, 2.75) is 32.2 Å². The van der Waals surface area contributed by atoms with E-state index in [-0.39, 0.29) is 11.8 Å². The van der Waals surface area contributed by atoms with Gasteiger partial charge in [-0.15, -0.1) is 0 Å². The Bertz CT molecular complexity index is 1410. The number of carbonyl (C=O) groups is 2. The van der Waals surface area contributed by atoms with Gasteiger partial charge in [-0.3, -0.25) is 9.59 Å². The van der Waals surface area contributed by atoms with E-state index < -0.39 is 12.0 Å². The van der Waals surface area contributed by atoms with Crippen LogP contribution in [0.4, 0.5) is 5.69 Å². The monoisotopic (exact) mass is 546 g/mol. The number of rotatable bonds is 9. The van der Waals surface area contributed by atoms with Gasteiger partial charge in [0.15, 0.2) is 23.0 Å². The van der Waals surface area contributed by atoms with Gasteiger partial charge in [-0.1, -0.05) is 18.2 Å². The summed E-state index contributed by atoms with van der Waals surface area (Å²) in [6, 6.07) is 14.1. The molecule has 5 rings (SSSR count). The largest absolute Gasteiger partial charge is 0.493 e. The maximum Gasteiger partial charge on any atom is 0.254 e. The minimum atomic E-state index is -0.681. The Hall–Kier alpha value is -4.40. The van der Waals surface area contributed by atoms with Crippen molar-refractivity contribution in [3.8, 4) is 28.7 Å². The third-order valence-electron chi connectivity index (χ3n) is 7.40. The summed E-state index contributed by atoms with van der Waals surface area (Å²) in [5.41, 5.74) is 3.61. The van der Waals surface area contributed by atoms with Crippen LogP contribution in [0.5, 0.6) is 28.7 Å². The average Bonchev–Trinajstić information content (AvgIpc) is 2.97. The number of nitrogens with zero attached hydrogens (tertiary/aromatic N) is 1. The topological polar surface area (TPSA) is 95.6 Å². The van der Waals surface area contributed by atoms with Gasteiger partial charge in [-0.05, 0) is 55.2 Å². The lowest BCUT2D eigenvalue weighted by atomic mass is 9.75. The molecule has 40 heavy (non-hydrogen) atoms. The lowest BCUT2D eigenvalue weighted by Gasteiger charge is -2.45. The van der Waals surface area contributed by atoms with Crippen LogP contribution < -0.4 is 29.0 Å². The van der Waals surface area contributed by atoms with E-state index in [1.165, 1.54) is 21.3 Å². The number of hydrogen-bond donors (Lipinski definition) is 1. The van der Waals surface area contributed by atoms with E-state index in [2.05, 4.69) is 5.32 Å². The zero-order chi connectivity index (χ0) is 28.4. The number of ether oxygens (including phenoxy) is 5. The quantitative estimate of drug-likeness (QED) is 0.404. The maximum absolute atomic E-state index is 14.2. The lowest BCUT2D eigenvalue weighted by molar-refractivity contribution is -0.119. The first-order chi connectivity index (χ1) is 19.4. The Balaban J connectivity index is 1.62. The molecule has 2 aliphatic heterocycles. The van der Waals surface area contributed by atoms with E-state index in [0.717, 1.165) is 11.1 Å². The molecule has 2 unspecified atom stereocenters. The SMILES string of the molecule is CCOc1cc2c(cc1OCC)C1C(C(=O)Nc3cc(OC)c(OC)c(OC)c3)c3ccccc3C(=O)N1CC2. The summed E-state index contributed by atoms with van der Waals surface area (Å²) in [6.45, 7) is 5.28. The molecule has 2 aliphatic rings. The second-order valence-electron chi connectivity index (χ2n) is 9.53. The molecule has 210 valence electrons. The van der Waals surface area contributed by atoms with E-state index in [9.17, 15) is 9.59 Å². The number of methoxy groups -OCH3 is 3. The van der Waals surface area contributed by atoms with Gasteiger partial charge in [-0.2, -0.15) is 0 Å². The molecule has 1 N–H and O–H groups in total. The summed E-state index contributed by atoms with van der Waals surface area (Å²) < 4.78 is 28.2. The molecule has 0 bridgehead atoms. The Morgan fingerprint density at radius 2 is 1.52 bits per heavy atom. The average molecular weight is 547 g/mol. The van der Waals surface area contributed by atoms with E-state index in [4.69, 9.17) is 23.7 Å². The predicted octanol–water partition coefficient (Wildman–Crippen LogP) is 4.99. The number of fused-ring (bicyclic) bond motifs is 4. The first-order valence-electron chi connectivity index (χ1n) is 13.4. The van der Waals surface area contributed by atoms with Gasteiger partial charge in [0.2, 0.25) is 11.7 Å². The Labute approximate surface area is 233 Å². The van der Waals surface area contributed by atoms with Crippen LogP contribution in [-0.4, -0.2) is 57.8 Å². The Morgan fingerprint density at radius 1 is 0.875 bits per heavy atom. The third kappa shape index (κ3) is 4.65. The van der Waals surface area contributed by atoms with Gasteiger partial charge in [-0.25, -0.2) is 0 Å². The number of anilines is 1. The highest BCUT2D eigenvalue weighted by Crippen LogP contribution is 2.49. The van der Waals surface area contributed by atoms with Crippen molar-refractivity contribution in [1.29, 1.82) is 0 Å². The second kappa shape index (κ2) is 11.4. The number of hydrogen-bond acceptors (Lipinski definition) is 7. The van der Waals surface area contributed by atoms with Crippen LogP contribution >= 0.6 is 0 Å². The lowest BCUT2D eigenvalue weighted by Crippen LogP contribution is -2.49. The van der Waals surface area contributed by atoms with Crippen molar-refractivity contribution in [3.63, 3.8) is 0 Å². The van der Waals surface area contributed by atoms with E-state index >= 15 is 0 Å². The van der Waals surface area contributed by atoms with Gasteiger partial charge in [0.25, 0.3) is 5.91 Å². The highest BCUT2D eigenvalue weighted by molar-refractivity contribution is 6.04. The van der Waals surface area contributed by atoms with Crippen molar-refractivity contribution >= 4 is 17.5 Å². The van der Waals surface area contributed by atoms with Crippen molar-refractivity contribution < 1.29 is 33.3 Å². The molecule has 0 aromatic heterocycles. The molecule has 9 nitrogen and oxygen atoms in total. The fourth-order valence-electron chi connectivity index (χ4n) is 5.73. The van der Waals surface area contributed by atoms with Gasteiger partial charge in [0.1, 0.15) is 0 Å². The molecule has 0 saturated carbocycles. The van der Waals surface area contributed by atoms with Crippen molar-refractivity contribution in [2.24, 2.45) is 0 Å². The van der Waals surface area contributed by atoms with Crippen LogP contribution in [0.1, 0.15) is 52.9 Å². The summed E-state index contributed by atoms with van der Waals surface area (Å²) in [7, 11) is 4.57. The maximum atomic E-state index is 14.2. The number of carbonyl (C=O) groups excluding carboxylic acids is 2. The summed E-state index contributed by atoms with van der Waals surface area (Å²) in [6.07, 6.45) is 0.646. The predicted molar refractivity (Wildman–Crippen MR) is 150 cm³/mol.